The average Bonchev–Trinajstić information content (AvgIpc) is 2.94. The molecular weight excluding hydrogens is 280 g/mol. The fraction of sp³-hybridized carbons (Fsp3) is 0.125. The highest BCUT2D eigenvalue weighted by Gasteiger charge is 2.18. The number of benzene rings is 2. The molecule has 6 heteroatoms. The fourth-order valence-electron chi connectivity index (χ4n) is 2.20. The zero-order valence-electron chi connectivity index (χ0n) is 11.6. The van der Waals surface area contributed by atoms with E-state index in [9.17, 15) is 4.79 Å². The van der Waals surface area contributed by atoms with Crippen LogP contribution in [0.3, 0.4) is 0 Å². The van der Waals surface area contributed by atoms with Gasteiger partial charge in [-0.15, -0.1) is 0 Å². The third kappa shape index (κ3) is 2.82. The molecule has 22 heavy (non-hydrogen) atoms. The molecule has 108 valence electrons. The number of nitrogens with zero attached hydrogens (tertiary/aromatic N) is 4. The van der Waals surface area contributed by atoms with E-state index in [1.165, 1.54) is 6.21 Å². The predicted octanol–water partition coefficient (Wildman–Crippen LogP) is 3.65. The van der Waals surface area contributed by atoms with Gasteiger partial charge in [0.2, 0.25) is 0 Å². The van der Waals surface area contributed by atoms with Gasteiger partial charge in [-0.3, -0.25) is 4.79 Å². The number of rotatable bonds is 5. The summed E-state index contributed by atoms with van der Waals surface area (Å²) in [6.07, 6.45) is 1.54. The van der Waals surface area contributed by atoms with Crippen LogP contribution in [-0.4, -0.2) is 12.1 Å². The maximum atomic E-state index is 11.5. The van der Waals surface area contributed by atoms with Crippen molar-refractivity contribution in [2.75, 3.05) is 0 Å². The van der Waals surface area contributed by atoms with Crippen molar-refractivity contribution >= 4 is 12.1 Å². The Kier molecular flexibility index (Phi) is 3.85. The zero-order chi connectivity index (χ0) is 15.4. The van der Waals surface area contributed by atoms with E-state index < -0.39 is 0 Å². The first-order chi connectivity index (χ1) is 10.8. The number of aliphatic imine (C=N–C) groups is 1. The van der Waals surface area contributed by atoms with Crippen molar-refractivity contribution < 1.29 is 9.53 Å². The SMILES string of the molecule is [N-]=[N+]=NCc1ccc(COc2cccc3c2C=NC3=O)cc1. The van der Waals surface area contributed by atoms with Crippen LogP contribution in [0.2, 0.25) is 0 Å². The summed E-state index contributed by atoms with van der Waals surface area (Å²) in [4.78, 5) is 18.0. The Labute approximate surface area is 126 Å². The Hall–Kier alpha value is -3.11. The van der Waals surface area contributed by atoms with Crippen LogP contribution in [0.5, 0.6) is 5.75 Å². The molecule has 0 N–H and O–H groups in total. The summed E-state index contributed by atoms with van der Waals surface area (Å²) in [6.45, 7) is 0.725. The smallest absolute Gasteiger partial charge is 0.277 e. The first-order valence-corrected chi connectivity index (χ1v) is 6.71. The van der Waals surface area contributed by atoms with E-state index in [2.05, 4.69) is 15.0 Å². The highest BCUT2D eigenvalue weighted by Crippen LogP contribution is 2.25. The molecule has 0 aliphatic carbocycles. The van der Waals surface area contributed by atoms with Gasteiger partial charge in [0.1, 0.15) is 12.4 Å². The van der Waals surface area contributed by atoms with Crippen LogP contribution in [0.15, 0.2) is 52.6 Å². The quantitative estimate of drug-likeness (QED) is 0.478. The highest BCUT2D eigenvalue weighted by atomic mass is 16.5. The fourth-order valence-corrected chi connectivity index (χ4v) is 2.20. The molecule has 6 nitrogen and oxygen atoms in total. The van der Waals surface area contributed by atoms with Crippen molar-refractivity contribution in [2.24, 2.45) is 10.1 Å². The normalized spacial score (nSPS) is 11.9. The molecule has 0 aromatic heterocycles. The van der Waals surface area contributed by atoms with Gasteiger partial charge in [0.25, 0.3) is 5.91 Å². The Morgan fingerprint density at radius 1 is 1.14 bits per heavy atom. The molecule has 2 aromatic carbocycles. The first kappa shape index (κ1) is 13.9. The van der Waals surface area contributed by atoms with Gasteiger partial charge in [-0.25, -0.2) is 4.99 Å². The number of hydrogen-bond acceptors (Lipinski definition) is 3. The topological polar surface area (TPSA) is 87.4 Å². The molecule has 1 aliphatic heterocycles. The van der Waals surface area contributed by atoms with Gasteiger partial charge in [0.15, 0.2) is 0 Å². The predicted molar refractivity (Wildman–Crippen MR) is 82.0 cm³/mol. The Morgan fingerprint density at radius 2 is 1.91 bits per heavy atom. The largest absolute Gasteiger partial charge is 0.488 e. The van der Waals surface area contributed by atoms with Crippen molar-refractivity contribution in [1.82, 2.24) is 0 Å². The molecule has 0 saturated carbocycles. The van der Waals surface area contributed by atoms with Gasteiger partial charge < -0.3 is 4.74 Å². The van der Waals surface area contributed by atoms with Crippen LogP contribution >= 0.6 is 0 Å². The molecule has 0 saturated heterocycles. The van der Waals surface area contributed by atoms with E-state index in [-0.39, 0.29) is 5.91 Å². The van der Waals surface area contributed by atoms with Crippen molar-refractivity contribution in [3.05, 3.63) is 75.2 Å². The van der Waals surface area contributed by atoms with Crippen LogP contribution < -0.4 is 4.74 Å². The summed E-state index contributed by atoms with van der Waals surface area (Å²) in [5.74, 6) is 0.410. The van der Waals surface area contributed by atoms with E-state index >= 15 is 0 Å². The summed E-state index contributed by atoms with van der Waals surface area (Å²) in [6, 6.07) is 13.0. The van der Waals surface area contributed by atoms with Crippen molar-refractivity contribution in [3.63, 3.8) is 0 Å². The molecule has 0 radical (unpaired) electrons. The molecule has 0 fully saturated rings. The van der Waals surface area contributed by atoms with Crippen LogP contribution in [0.25, 0.3) is 10.4 Å². The van der Waals surface area contributed by atoms with Gasteiger partial charge in [-0.1, -0.05) is 35.4 Å². The van der Waals surface area contributed by atoms with Crippen LogP contribution in [0.1, 0.15) is 27.0 Å². The van der Waals surface area contributed by atoms with Crippen LogP contribution in [0, 0.1) is 0 Å². The van der Waals surface area contributed by atoms with Crippen LogP contribution in [-0.2, 0) is 13.2 Å². The average molecular weight is 292 g/mol. The van der Waals surface area contributed by atoms with Crippen molar-refractivity contribution in [3.8, 4) is 5.75 Å². The summed E-state index contributed by atoms with van der Waals surface area (Å²) >= 11 is 0. The molecule has 0 spiro atoms. The highest BCUT2D eigenvalue weighted by molar-refractivity contribution is 6.14. The van der Waals surface area contributed by atoms with E-state index in [0.717, 1.165) is 16.7 Å². The number of carbonyl (C=O) groups excluding carboxylic acids is 1. The summed E-state index contributed by atoms with van der Waals surface area (Å²) in [5.41, 5.74) is 11.5. The molecule has 0 unspecified atom stereocenters. The lowest BCUT2D eigenvalue weighted by atomic mass is 10.1. The molecule has 1 aliphatic rings. The number of hydrogen-bond donors (Lipinski definition) is 0. The Balaban J connectivity index is 1.70. The second-order valence-electron chi connectivity index (χ2n) is 4.77. The van der Waals surface area contributed by atoms with E-state index in [1.807, 2.05) is 30.3 Å². The summed E-state index contributed by atoms with van der Waals surface area (Å²) < 4.78 is 5.78. The summed E-state index contributed by atoms with van der Waals surface area (Å²) in [7, 11) is 0. The Bertz CT molecular complexity index is 790. The van der Waals surface area contributed by atoms with E-state index in [0.29, 0.717) is 24.5 Å². The first-order valence-electron chi connectivity index (χ1n) is 6.71. The minimum Gasteiger partial charge on any atom is -0.488 e. The second kappa shape index (κ2) is 6.11. The number of azide groups is 1. The number of carbonyl (C=O) groups is 1. The number of fused-ring (bicyclic) bond motifs is 1. The standard InChI is InChI=1S/C16H12N4O2/c17-20-19-8-11-4-6-12(7-5-11)10-22-15-3-1-2-13-14(15)9-18-16(13)21/h1-7,9H,8,10H2. The molecule has 1 heterocycles. The molecule has 0 bridgehead atoms. The zero-order valence-corrected chi connectivity index (χ0v) is 11.6. The maximum absolute atomic E-state index is 11.5. The molecule has 1 amide bonds. The van der Waals surface area contributed by atoms with Gasteiger partial charge in [0.05, 0.1) is 12.1 Å². The summed E-state index contributed by atoms with van der Waals surface area (Å²) in [5, 5.41) is 3.51. The van der Waals surface area contributed by atoms with Gasteiger partial charge in [-0.05, 0) is 28.8 Å². The molecule has 0 atom stereocenters. The van der Waals surface area contributed by atoms with Crippen LogP contribution in [0.4, 0.5) is 0 Å². The van der Waals surface area contributed by atoms with Gasteiger partial charge in [-0.2, -0.15) is 0 Å². The van der Waals surface area contributed by atoms with Crippen molar-refractivity contribution in [2.45, 2.75) is 13.2 Å². The third-order valence-corrected chi connectivity index (χ3v) is 3.34. The van der Waals surface area contributed by atoms with E-state index in [1.54, 1.807) is 12.1 Å². The van der Waals surface area contributed by atoms with Gasteiger partial charge in [0, 0.05) is 16.7 Å². The lowest BCUT2D eigenvalue weighted by Gasteiger charge is -2.09. The third-order valence-electron chi connectivity index (χ3n) is 3.34. The Morgan fingerprint density at radius 3 is 2.68 bits per heavy atom. The number of amides is 1. The van der Waals surface area contributed by atoms with E-state index in [4.69, 9.17) is 10.3 Å². The molecular formula is C16H12N4O2. The van der Waals surface area contributed by atoms with Crippen molar-refractivity contribution in [1.29, 1.82) is 0 Å². The maximum Gasteiger partial charge on any atom is 0.277 e. The molecule has 2 aromatic rings. The second-order valence-corrected chi connectivity index (χ2v) is 4.77. The minimum absolute atomic E-state index is 0.233. The minimum atomic E-state index is -0.233. The number of ether oxygens (including phenoxy) is 1. The lowest BCUT2D eigenvalue weighted by molar-refractivity contribution is 0.101. The molecule has 3 rings (SSSR count). The lowest BCUT2D eigenvalue weighted by Crippen LogP contribution is -2.00. The van der Waals surface area contributed by atoms with Gasteiger partial charge >= 0.3 is 0 Å². The monoisotopic (exact) mass is 292 g/mol.